The third-order valence-corrected chi connectivity index (χ3v) is 4.14. The Morgan fingerprint density at radius 3 is 2.20 bits per heavy atom. The maximum Gasteiger partial charge on any atom is 0.115 e. The average molecular weight is 267 g/mol. The molecule has 0 atom stereocenters. The molecule has 0 radical (unpaired) electrons. The molecule has 2 heterocycles. The molecule has 0 fully saturated rings. The molecule has 2 aromatic rings. The van der Waals surface area contributed by atoms with Crippen LogP contribution in [0.3, 0.4) is 0 Å². The van der Waals surface area contributed by atoms with Crippen LogP contribution in [0.5, 0.6) is 0 Å². The Morgan fingerprint density at radius 1 is 0.700 bits per heavy atom. The van der Waals surface area contributed by atoms with Gasteiger partial charge in [0.15, 0.2) is 0 Å². The van der Waals surface area contributed by atoms with Gasteiger partial charge < -0.3 is 0 Å². The molecular formula is C17H21N3. The van der Waals surface area contributed by atoms with Crippen LogP contribution in [-0.4, -0.2) is 15.0 Å². The van der Waals surface area contributed by atoms with Crippen LogP contribution in [0.15, 0.2) is 31.0 Å². The standard InChI is InChI=1S/C9H11N.C8H10N2/c1-2-4-9-7-10-6-5-8(9)3-1;1-2-4-8-7(3-1)5-9-6-10-8/h5-7H,1-4H2;5-6H,1-4H2. The van der Waals surface area contributed by atoms with Gasteiger partial charge in [-0.2, -0.15) is 0 Å². The van der Waals surface area contributed by atoms with Crippen molar-refractivity contribution in [3.63, 3.8) is 0 Å². The van der Waals surface area contributed by atoms with Gasteiger partial charge in [0.25, 0.3) is 0 Å². The van der Waals surface area contributed by atoms with E-state index in [4.69, 9.17) is 0 Å². The number of pyridine rings is 1. The second-order valence-electron chi connectivity index (χ2n) is 5.55. The number of nitrogens with zero attached hydrogens (tertiary/aromatic N) is 3. The van der Waals surface area contributed by atoms with Gasteiger partial charge in [-0.25, -0.2) is 9.97 Å². The molecule has 4 rings (SSSR count). The van der Waals surface area contributed by atoms with E-state index in [1.54, 1.807) is 6.33 Å². The molecule has 0 aromatic carbocycles. The van der Waals surface area contributed by atoms with Crippen LogP contribution >= 0.6 is 0 Å². The van der Waals surface area contributed by atoms with E-state index in [2.05, 4.69) is 21.0 Å². The van der Waals surface area contributed by atoms with Crippen molar-refractivity contribution < 1.29 is 0 Å². The molecule has 3 nitrogen and oxygen atoms in total. The van der Waals surface area contributed by atoms with Crippen LogP contribution in [0.25, 0.3) is 0 Å². The van der Waals surface area contributed by atoms with Crippen molar-refractivity contribution in [2.24, 2.45) is 0 Å². The summed E-state index contributed by atoms with van der Waals surface area (Å²) in [5, 5.41) is 0. The van der Waals surface area contributed by atoms with Crippen LogP contribution in [0.1, 0.15) is 48.1 Å². The van der Waals surface area contributed by atoms with Crippen LogP contribution in [0.4, 0.5) is 0 Å². The molecule has 0 saturated heterocycles. The molecule has 3 heteroatoms. The largest absolute Gasteiger partial charge is 0.264 e. The van der Waals surface area contributed by atoms with E-state index in [1.807, 2.05) is 18.6 Å². The van der Waals surface area contributed by atoms with Gasteiger partial charge in [-0.15, -0.1) is 0 Å². The van der Waals surface area contributed by atoms with Crippen molar-refractivity contribution >= 4 is 0 Å². The van der Waals surface area contributed by atoms with E-state index in [9.17, 15) is 0 Å². The minimum atomic E-state index is 1.15. The molecule has 0 aliphatic heterocycles. The molecule has 0 saturated carbocycles. The third kappa shape index (κ3) is 3.21. The van der Waals surface area contributed by atoms with Gasteiger partial charge in [0.05, 0.1) is 0 Å². The number of aryl methyl sites for hydroxylation is 4. The molecule has 0 unspecified atom stereocenters. The second-order valence-corrected chi connectivity index (χ2v) is 5.55. The number of fused-ring (bicyclic) bond motifs is 2. The van der Waals surface area contributed by atoms with Gasteiger partial charge >= 0.3 is 0 Å². The highest BCUT2D eigenvalue weighted by atomic mass is 14.8. The van der Waals surface area contributed by atoms with E-state index in [0.717, 1.165) is 6.42 Å². The van der Waals surface area contributed by atoms with E-state index in [1.165, 1.54) is 67.3 Å². The number of hydrogen-bond acceptors (Lipinski definition) is 3. The summed E-state index contributed by atoms with van der Waals surface area (Å²) in [7, 11) is 0. The van der Waals surface area contributed by atoms with Gasteiger partial charge in [-0.05, 0) is 74.1 Å². The van der Waals surface area contributed by atoms with Gasteiger partial charge in [0.2, 0.25) is 0 Å². The van der Waals surface area contributed by atoms with Crippen molar-refractivity contribution in [3.05, 3.63) is 53.4 Å². The van der Waals surface area contributed by atoms with Crippen LogP contribution in [-0.2, 0) is 25.7 Å². The lowest BCUT2D eigenvalue weighted by atomic mass is 9.94. The first-order valence-corrected chi connectivity index (χ1v) is 7.63. The second kappa shape index (κ2) is 6.60. The SMILES string of the molecule is c1cc2c(cn1)CCCC2.c1ncc2c(n1)CCCC2. The highest BCUT2D eigenvalue weighted by Crippen LogP contribution is 2.19. The summed E-state index contributed by atoms with van der Waals surface area (Å²) in [5.41, 5.74) is 5.60. The lowest BCUT2D eigenvalue weighted by Crippen LogP contribution is -2.04. The first kappa shape index (κ1) is 13.2. The molecule has 20 heavy (non-hydrogen) atoms. The monoisotopic (exact) mass is 267 g/mol. The van der Waals surface area contributed by atoms with E-state index >= 15 is 0 Å². The Morgan fingerprint density at radius 2 is 1.40 bits per heavy atom. The molecule has 2 aromatic heterocycles. The lowest BCUT2D eigenvalue weighted by Gasteiger charge is -2.13. The molecule has 104 valence electrons. The normalized spacial score (nSPS) is 16.4. The Labute approximate surface area is 120 Å². The van der Waals surface area contributed by atoms with Crippen LogP contribution in [0, 0.1) is 0 Å². The lowest BCUT2D eigenvalue weighted by molar-refractivity contribution is 0.662. The highest BCUT2D eigenvalue weighted by Gasteiger charge is 2.08. The smallest absolute Gasteiger partial charge is 0.115 e. The number of aromatic nitrogens is 3. The molecule has 0 spiro atoms. The first-order chi connectivity index (χ1) is 9.93. The van der Waals surface area contributed by atoms with Gasteiger partial charge in [-0.1, -0.05) is 0 Å². The predicted molar refractivity (Wildman–Crippen MR) is 79.6 cm³/mol. The summed E-state index contributed by atoms with van der Waals surface area (Å²) < 4.78 is 0. The minimum Gasteiger partial charge on any atom is -0.264 e. The molecule has 2 aliphatic rings. The van der Waals surface area contributed by atoms with E-state index in [0.29, 0.717) is 0 Å². The molecular weight excluding hydrogens is 246 g/mol. The molecule has 2 aliphatic carbocycles. The minimum absolute atomic E-state index is 1.15. The summed E-state index contributed by atoms with van der Waals surface area (Å²) in [6, 6.07) is 2.15. The van der Waals surface area contributed by atoms with E-state index in [-0.39, 0.29) is 0 Å². The van der Waals surface area contributed by atoms with Crippen molar-refractivity contribution in [2.45, 2.75) is 51.4 Å². The number of hydrogen-bond donors (Lipinski definition) is 0. The Balaban J connectivity index is 0.000000121. The van der Waals surface area contributed by atoms with Crippen molar-refractivity contribution in [1.29, 1.82) is 0 Å². The van der Waals surface area contributed by atoms with Gasteiger partial charge in [0.1, 0.15) is 6.33 Å². The maximum atomic E-state index is 4.21. The predicted octanol–water partition coefficient (Wildman–Crippen LogP) is 3.32. The van der Waals surface area contributed by atoms with Crippen molar-refractivity contribution in [1.82, 2.24) is 15.0 Å². The summed E-state index contributed by atoms with van der Waals surface area (Å²) in [6.45, 7) is 0. The van der Waals surface area contributed by atoms with Crippen molar-refractivity contribution in [3.8, 4) is 0 Å². The summed E-state index contributed by atoms with van der Waals surface area (Å²) in [4.78, 5) is 12.3. The van der Waals surface area contributed by atoms with E-state index < -0.39 is 0 Å². The third-order valence-electron chi connectivity index (χ3n) is 4.14. The zero-order chi connectivity index (χ0) is 13.6. The van der Waals surface area contributed by atoms with Crippen molar-refractivity contribution in [2.75, 3.05) is 0 Å². The van der Waals surface area contributed by atoms with Crippen LogP contribution < -0.4 is 0 Å². The zero-order valence-corrected chi connectivity index (χ0v) is 11.9. The Hall–Kier alpha value is -1.77. The van der Waals surface area contributed by atoms with Gasteiger partial charge in [0, 0.05) is 24.3 Å². The fourth-order valence-electron chi connectivity index (χ4n) is 2.98. The Kier molecular flexibility index (Phi) is 4.36. The summed E-state index contributed by atoms with van der Waals surface area (Å²) >= 11 is 0. The molecule has 0 bridgehead atoms. The fourth-order valence-corrected chi connectivity index (χ4v) is 2.98. The first-order valence-electron chi connectivity index (χ1n) is 7.63. The van der Waals surface area contributed by atoms with Gasteiger partial charge in [-0.3, -0.25) is 4.98 Å². The molecule has 0 N–H and O–H groups in total. The quantitative estimate of drug-likeness (QED) is 0.735. The summed E-state index contributed by atoms with van der Waals surface area (Å²) in [6.07, 6.45) is 17.6. The zero-order valence-electron chi connectivity index (χ0n) is 11.9. The van der Waals surface area contributed by atoms with Crippen LogP contribution in [0.2, 0.25) is 0 Å². The Bertz CT molecular complexity index is 464. The summed E-state index contributed by atoms with van der Waals surface area (Å²) in [5.74, 6) is 0. The molecule has 0 amide bonds. The average Bonchev–Trinajstić information content (AvgIpc) is 2.56. The topological polar surface area (TPSA) is 38.7 Å². The fraction of sp³-hybridized carbons (Fsp3) is 0.471. The maximum absolute atomic E-state index is 4.21. The number of rotatable bonds is 0. The highest BCUT2D eigenvalue weighted by molar-refractivity contribution is 5.25.